The molecule has 1 atom stereocenters. The third kappa shape index (κ3) is 4.44. The SMILES string of the molecule is CCOC(=O)C1CCCN(C(=O)c2ccc(N(CC)CC)cc2O)C1. The van der Waals surface area contributed by atoms with E-state index in [4.69, 9.17) is 4.74 Å². The van der Waals surface area contributed by atoms with Crippen LogP contribution in [0.3, 0.4) is 0 Å². The zero-order chi connectivity index (χ0) is 18.4. The lowest BCUT2D eigenvalue weighted by molar-refractivity contribution is -0.149. The fourth-order valence-electron chi connectivity index (χ4n) is 3.27. The Morgan fingerprint density at radius 1 is 1.28 bits per heavy atom. The number of amides is 1. The minimum atomic E-state index is -0.283. The highest BCUT2D eigenvalue weighted by atomic mass is 16.5. The summed E-state index contributed by atoms with van der Waals surface area (Å²) in [6.07, 6.45) is 1.49. The van der Waals surface area contributed by atoms with Crippen LogP contribution in [0.4, 0.5) is 5.69 Å². The maximum atomic E-state index is 12.8. The average molecular weight is 348 g/mol. The molecule has 6 nitrogen and oxygen atoms in total. The molecule has 1 amide bonds. The van der Waals surface area contributed by atoms with Gasteiger partial charge in [-0.25, -0.2) is 0 Å². The molecule has 2 rings (SSSR count). The van der Waals surface area contributed by atoms with Crippen molar-refractivity contribution in [1.29, 1.82) is 0 Å². The Labute approximate surface area is 149 Å². The predicted octanol–water partition coefficient (Wildman–Crippen LogP) is 2.65. The molecule has 1 aliphatic heterocycles. The molecule has 0 bridgehead atoms. The van der Waals surface area contributed by atoms with Gasteiger partial charge in [0.2, 0.25) is 0 Å². The fraction of sp³-hybridized carbons (Fsp3) is 0.579. The highest BCUT2D eigenvalue weighted by molar-refractivity contribution is 5.97. The minimum absolute atomic E-state index is 0.0207. The van der Waals surface area contributed by atoms with E-state index in [9.17, 15) is 14.7 Å². The Kier molecular flexibility index (Phi) is 6.67. The van der Waals surface area contributed by atoms with E-state index in [1.54, 1.807) is 24.0 Å². The Hall–Kier alpha value is -2.24. The van der Waals surface area contributed by atoms with Gasteiger partial charge in [-0.2, -0.15) is 0 Å². The first-order valence-electron chi connectivity index (χ1n) is 9.05. The van der Waals surface area contributed by atoms with E-state index in [-0.39, 0.29) is 29.1 Å². The molecule has 1 fully saturated rings. The van der Waals surface area contributed by atoms with Gasteiger partial charge >= 0.3 is 5.97 Å². The minimum Gasteiger partial charge on any atom is -0.507 e. The van der Waals surface area contributed by atoms with Gasteiger partial charge in [0.15, 0.2) is 0 Å². The van der Waals surface area contributed by atoms with Crippen LogP contribution >= 0.6 is 0 Å². The van der Waals surface area contributed by atoms with Crippen LogP contribution in [-0.4, -0.2) is 54.7 Å². The van der Waals surface area contributed by atoms with Crippen molar-refractivity contribution in [3.05, 3.63) is 23.8 Å². The summed E-state index contributed by atoms with van der Waals surface area (Å²) in [5.41, 5.74) is 1.17. The molecule has 1 aromatic rings. The van der Waals surface area contributed by atoms with E-state index in [2.05, 4.69) is 4.90 Å². The van der Waals surface area contributed by atoms with E-state index < -0.39 is 0 Å². The highest BCUT2D eigenvalue weighted by Crippen LogP contribution is 2.27. The predicted molar refractivity (Wildman–Crippen MR) is 96.9 cm³/mol. The van der Waals surface area contributed by atoms with Crippen molar-refractivity contribution in [3.63, 3.8) is 0 Å². The van der Waals surface area contributed by atoms with Gasteiger partial charge in [0.25, 0.3) is 5.91 Å². The van der Waals surface area contributed by atoms with Crippen LogP contribution in [0, 0.1) is 5.92 Å². The zero-order valence-corrected chi connectivity index (χ0v) is 15.3. The van der Waals surface area contributed by atoms with Crippen LogP contribution in [0.5, 0.6) is 5.75 Å². The number of esters is 1. The Morgan fingerprint density at radius 2 is 2.00 bits per heavy atom. The maximum absolute atomic E-state index is 12.8. The molecule has 1 N–H and O–H groups in total. The largest absolute Gasteiger partial charge is 0.507 e. The second-order valence-electron chi connectivity index (χ2n) is 6.22. The van der Waals surface area contributed by atoms with Crippen molar-refractivity contribution in [2.75, 3.05) is 37.7 Å². The first kappa shape index (κ1) is 19.1. The molecule has 0 saturated carbocycles. The molecule has 1 aliphatic rings. The zero-order valence-electron chi connectivity index (χ0n) is 15.3. The van der Waals surface area contributed by atoms with Gasteiger partial charge < -0.3 is 19.6 Å². The van der Waals surface area contributed by atoms with Crippen LogP contribution in [-0.2, 0) is 9.53 Å². The maximum Gasteiger partial charge on any atom is 0.310 e. The molecule has 6 heteroatoms. The number of carbonyl (C=O) groups is 2. The summed E-state index contributed by atoms with van der Waals surface area (Å²) in [7, 11) is 0. The van der Waals surface area contributed by atoms with Gasteiger partial charge in [-0.15, -0.1) is 0 Å². The molecule has 0 aromatic heterocycles. The van der Waals surface area contributed by atoms with E-state index >= 15 is 0 Å². The number of hydrogen-bond acceptors (Lipinski definition) is 5. The molecule has 1 aromatic carbocycles. The van der Waals surface area contributed by atoms with Gasteiger partial charge in [-0.05, 0) is 45.7 Å². The monoisotopic (exact) mass is 348 g/mol. The first-order chi connectivity index (χ1) is 12.0. The number of carbonyl (C=O) groups excluding carboxylic acids is 2. The van der Waals surface area contributed by atoms with E-state index in [1.165, 1.54) is 0 Å². The van der Waals surface area contributed by atoms with Crippen molar-refractivity contribution in [3.8, 4) is 5.75 Å². The molecule has 1 unspecified atom stereocenters. The molecule has 0 spiro atoms. The normalized spacial score (nSPS) is 17.2. The van der Waals surface area contributed by atoms with Crippen molar-refractivity contribution < 1.29 is 19.4 Å². The molecular formula is C19H28N2O4. The van der Waals surface area contributed by atoms with Gasteiger partial charge in [-0.3, -0.25) is 9.59 Å². The number of ether oxygens (including phenoxy) is 1. The summed E-state index contributed by atoms with van der Waals surface area (Å²) < 4.78 is 5.07. The number of hydrogen-bond donors (Lipinski definition) is 1. The Morgan fingerprint density at radius 3 is 2.60 bits per heavy atom. The molecule has 0 radical (unpaired) electrons. The lowest BCUT2D eigenvalue weighted by Gasteiger charge is -2.32. The van der Waals surface area contributed by atoms with Crippen LogP contribution < -0.4 is 4.90 Å². The summed E-state index contributed by atoms with van der Waals surface area (Å²) in [6.45, 7) is 8.80. The second kappa shape index (κ2) is 8.74. The molecule has 1 heterocycles. The summed E-state index contributed by atoms with van der Waals surface area (Å²) in [5.74, 6) is -0.791. The number of anilines is 1. The standard InChI is InChI=1S/C19H28N2O4/c1-4-20(5-2)15-9-10-16(17(22)12-15)18(23)21-11-7-8-14(13-21)19(24)25-6-3/h9-10,12,14,22H,4-8,11,13H2,1-3H3. The summed E-state index contributed by atoms with van der Waals surface area (Å²) in [5, 5.41) is 10.3. The quantitative estimate of drug-likeness (QED) is 0.801. The third-order valence-corrected chi connectivity index (χ3v) is 4.67. The van der Waals surface area contributed by atoms with Crippen molar-refractivity contribution in [1.82, 2.24) is 4.90 Å². The molecule has 138 valence electrons. The number of nitrogens with zero attached hydrogens (tertiary/aromatic N) is 2. The average Bonchev–Trinajstić information content (AvgIpc) is 2.62. The summed E-state index contributed by atoms with van der Waals surface area (Å²) >= 11 is 0. The van der Waals surface area contributed by atoms with Gasteiger partial charge in [0, 0.05) is 37.9 Å². The summed E-state index contributed by atoms with van der Waals surface area (Å²) in [4.78, 5) is 28.4. The molecular weight excluding hydrogens is 320 g/mol. The number of rotatable bonds is 6. The lowest BCUT2D eigenvalue weighted by Crippen LogP contribution is -2.42. The molecule has 0 aliphatic carbocycles. The summed E-state index contributed by atoms with van der Waals surface area (Å²) in [6, 6.07) is 5.15. The van der Waals surface area contributed by atoms with Crippen molar-refractivity contribution >= 4 is 17.6 Å². The van der Waals surface area contributed by atoms with Crippen LogP contribution in [0.25, 0.3) is 0 Å². The van der Waals surface area contributed by atoms with Gasteiger partial charge in [0.05, 0.1) is 18.1 Å². The number of benzene rings is 1. The van der Waals surface area contributed by atoms with Gasteiger partial charge in [-0.1, -0.05) is 0 Å². The van der Waals surface area contributed by atoms with E-state index in [1.807, 2.05) is 19.9 Å². The second-order valence-corrected chi connectivity index (χ2v) is 6.22. The smallest absolute Gasteiger partial charge is 0.310 e. The van der Waals surface area contributed by atoms with Crippen LogP contribution in [0.1, 0.15) is 44.0 Å². The van der Waals surface area contributed by atoms with Crippen molar-refractivity contribution in [2.45, 2.75) is 33.6 Å². The Bertz CT molecular complexity index is 613. The number of likely N-dealkylation sites (tertiary alicyclic amines) is 1. The number of piperidine rings is 1. The highest BCUT2D eigenvalue weighted by Gasteiger charge is 2.30. The fourth-order valence-corrected chi connectivity index (χ4v) is 3.27. The number of aromatic hydroxyl groups is 1. The van der Waals surface area contributed by atoms with E-state index in [0.717, 1.165) is 31.6 Å². The van der Waals surface area contributed by atoms with E-state index in [0.29, 0.717) is 19.7 Å². The third-order valence-electron chi connectivity index (χ3n) is 4.67. The first-order valence-corrected chi connectivity index (χ1v) is 9.05. The van der Waals surface area contributed by atoms with Crippen LogP contribution in [0.15, 0.2) is 18.2 Å². The van der Waals surface area contributed by atoms with Crippen LogP contribution in [0.2, 0.25) is 0 Å². The number of phenolic OH excluding ortho intramolecular Hbond substituents is 1. The van der Waals surface area contributed by atoms with Crippen molar-refractivity contribution in [2.24, 2.45) is 5.92 Å². The number of phenols is 1. The molecule has 1 saturated heterocycles. The lowest BCUT2D eigenvalue weighted by atomic mass is 9.97. The van der Waals surface area contributed by atoms with Gasteiger partial charge in [0.1, 0.15) is 5.75 Å². The Balaban J connectivity index is 2.13. The molecule has 25 heavy (non-hydrogen) atoms. The topological polar surface area (TPSA) is 70.1 Å².